The fourth-order valence-electron chi connectivity index (χ4n) is 3.78. The van der Waals surface area contributed by atoms with E-state index in [1.54, 1.807) is 0 Å². The third kappa shape index (κ3) is 5.03. The molecule has 1 aliphatic heterocycles. The smallest absolute Gasteiger partial charge is 0.226 e. The first kappa shape index (κ1) is 19.6. The molecule has 29 heavy (non-hydrogen) atoms. The van der Waals surface area contributed by atoms with Crippen molar-refractivity contribution in [1.29, 1.82) is 0 Å². The van der Waals surface area contributed by atoms with Crippen LogP contribution in [0.2, 0.25) is 0 Å². The first-order chi connectivity index (χ1) is 14.2. The summed E-state index contributed by atoms with van der Waals surface area (Å²) in [5, 5.41) is 4.10. The van der Waals surface area contributed by atoms with E-state index in [1.807, 2.05) is 42.5 Å². The molecule has 0 spiro atoms. The van der Waals surface area contributed by atoms with E-state index in [9.17, 15) is 4.79 Å². The van der Waals surface area contributed by atoms with Crippen LogP contribution in [-0.2, 0) is 16.1 Å². The molecule has 2 heterocycles. The minimum atomic E-state index is -0.304. The van der Waals surface area contributed by atoms with Crippen LogP contribution < -0.4 is 11.1 Å². The number of benzene rings is 2. The van der Waals surface area contributed by atoms with Gasteiger partial charge in [-0.1, -0.05) is 30.3 Å². The van der Waals surface area contributed by atoms with Crippen LogP contribution in [0, 0.1) is 0 Å². The van der Waals surface area contributed by atoms with E-state index in [0.717, 1.165) is 56.0 Å². The first-order valence-electron chi connectivity index (χ1n) is 10.2. The Bertz CT molecular complexity index is 948. The Labute approximate surface area is 171 Å². The fraction of sp³-hybridized carbons (Fsp3) is 0.348. The molecule has 0 saturated carbocycles. The van der Waals surface area contributed by atoms with Crippen LogP contribution in [0.5, 0.6) is 0 Å². The average molecular weight is 393 g/mol. The average Bonchev–Trinajstić information content (AvgIpc) is 3.15. The Morgan fingerprint density at radius 2 is 1.86 bits per heavy atom. The maximum absolute atomic E-state index is 12.4. The van der Waals surface area contributed by atoms with Gasteiger partial charge in [-0.05, 0) is 29.8 Å². The van der Waals surface area contributed by atoms with Gasteiger partial charge in [0.2, 0.25) is 5.91 Å². The van der Waals surface area contributed by atoms with Gasteiger partial charge in [0.25, 0.3) is 0 Å². The number of rotatable bonds is 7. The number of nitrogens with one attached hydrogen (secondary N) is 1. The Kier molecular flexibility index (Phi) is 6.24. The summed E-state index contributed by atoms with van der Waals surface area (Å²) in [5.74, 6) is -0.0764. The van der Waals surface area contributed by atoms with Crippen LogP contribution in [-0.4, -0.2) is 48.2 Å². The van der Waals surface area contributed by atoms with E-state index >= 15 is 0 Å². The Morgan fingerprint density at radius 3 is 2.66 bits per heavy atom. The Balaban J connectivity index is 1.35. The lowest BCUT2D eigenvalue weighted by Crippen LogP contribution is -2.38. The van der Waals surface area contributed by atoms with Crippen molar-refractivity contribution >= 4 is 22.5 Å². The summed E-state index contributed by atoms with van der Waals surface area (Å²) in [6.07, 6.45) is 2.37. The second-order valence-electron chi connectivity index (χ2n) is 7.51. The molecule has 1 aliphatic rings. The largest absolute Gasteiger partial charge is 0.379 e. The van der Waals surface area contributed by atoms with Crippen molar-refractivity contribution < 1.29 is 9.53 Å². The lowest BCUT2D eigenvalue weighted by atomic mass is 10.0. The van der Waals surface area contributed by atoms with Gasteiger partial charge in [-0.2, -0.15) is 0 Å². The number of aromatic nitrogens is 1. The van der Waals surface area contributed by atoms with Crippen LogP contribution in [0.3, 0.4) is 0 Å². The molecular weight excluding hydrogens is 364 g/mol. The third-order valence-corrected chi connectivity index (χ3v) is 5.45. The highest BCUT2D eigenvalue weighted by molar-refractivity contribution is 5.94. The van der Waals surface area contributed by atoms with E-state index in [4.69, 9.17) is 10.5 Å². The zero-order valence-corrected chi connectivity index (χ0v) is 16.6. The summed E-state index contributed by atoms with van der Waals surface area (Å²) in [5.41, 5.74) is 9.11. The normalized spacial score (nSPS) is 16.0. The highest BCUT2D eigenvalue weighted by atomic mass is 16.5. The van der Waals surface area contributed by atoms with Gasteiger partial charge < -0.3 is 20.4 Å². The molecule has 3 aromatic rings. The van der Waals surface area contributed by atoms with E-state index in [1.165, 1.54) is 5.52 Å². The molecule has 6 nitrogen and oxygen atoms in total. The number of amides is 1. The van der Waals surface area contributed by atoms with Gasteiger partial charge in [-0.25, -0.2) is 0 Å². The van der Waals surface area contributed by atoms with Gasteiger partial charge in [0, 0.05) is 61.4 Å². The summed E-state index contributed by atoms with van der Waals surface area (Å²) in [7, 11) is 0. The predicted octanol–water partition coefficient (Wildman–Crippen LogP) is 3.00. The zero-order chi connectivity index (χ0) is 20.1. The maximum Gasteiger partial charge on any atom is 0.226 e. The number of carbonyl (C=O) groups is 1. The number of hydrogen-bond donors (Lipinski definition) is 2. The summed E-state index contributed by atoms with van der Waals surface area (Å²) in [6.45, 7) is 5.61. The van der Waals surface area contributed by atoms with Crippen molar-refractivity contribution in [1.82, 2.24) is 9.47 Å². The molecule has 6 heteroatoms. The molecule has 1 saturated heterocycles. The van der Waals surface area contributed by atoms with Crippen molar-refractivity contribution in [2.75, 3.05) is 38.2 Å². The van der Waals surface area contributed by atoms with Crippen molar-refractivity contribution in [3.63, 3.8) is 0 Å². The number of carbonyl (C=O) groups excluding carboxylic acids is 1. The SMILES string of the molecule is NC(CC(=O)Nc1ccc2c(ccn2CCN2CCOCC2)c1)c1ccccc1. The topological polar surface area (TPSA) is 72.5 Å². The number of nitrogens with zero attached hydrogens (tertiary/aromatic N) is 2. The molecule has 2 aromatic carbocycles. The molecule has 4 rings (SSSR count). The number of hydrogen-bond acceptors (Lipinski definition) is 4. The first-order valence-corrected chi connectivity index (χ1v) is 10.2. The lowest BCUT2D eigenvalue weighted by molar-refractivity contribution is -0.116. The van der Waals surface area contributed by atoms with Crippen molar-refractivity contribution in [3.05, 3.63) is 66.4 Å². The van der Waals surface area contributed by atoms with Crippen LogP contribution >= 0.6 is 0 Å². The molecule has 0 radical (unpaired) electrons. The zero-order valence-electron chi connectivity index (χ0n) is 16.6. The van der Waals surface area contributed by atoms with Crippen LogP contribution in [0.15, 0.2) is 60.8 Å². The molecule has 0 aliphatic carbocycles. The molecule has 1 aromatic heterocycles. The second kappa shape index (κ2) is 9.22. The van der Waals surface area contributed by atoms with Crippen LogP contribution in [0.25, 0.3) is 10.9 Å². The van der Waals surface area contributed by atoms with Gasteiger partial charge in [0.15, 0.2) is 0 Å². The molecule has 1 amide bonds. The molecule has 1 fully saturated rings. The van der Waals surface area contributed by atoms with Crippen molar-refractivity contribution in [3.8, 4) is 0 Å². The highest BCUT2D eigenvalue weighted by Crippen LogP contribution is 2.22. The summed E-state index contributed by atoms with van der Waals surface area (Å²) < 4.78 is 7.68. The van der Waals surface area contributed by atoms with Crippen LogP contribution in [0.1, 0.15) is 18.0 Å². The minimum absolute atomic E-state index is 0.0764. The van der Waals surface area contributed by atoms with Gasteiger partial charge in [-0.15, -0.1) is 0 Å². The Hall–Kier alpha value is -2.67. The lowest BCUT2D eigenvalue weighted by Gasteiger charge is -2.26. The second-order valence-corrected chi connectivity index (χ2v) is 7.51. The summed E-state index contributed by atoms with van der Waals surface area (Å²) >= 11 is 0. The van der Waals surface area contributed by atoms with Gasteiger partial charge >= 0.3 is 0 Å². The minimum Gasteiger partial charge on any atom is -0.379 e. The predicted molar refractivity (Wildman–Crippen MR) is 116 cm³/mol. The van der Waals surface area contributed by atoms with Gasteiger partial charge in [0.05, 0.1) is 13.2 Å². The van der Waals surface area contributed by atoms with Crippen molar-refractivity contribution in [2.24, 2.45) is 5.73 Å². The fourth-order valence-corrected chi connectivity index (χ4v) is 3.78. The quantitative estimate of drug-likeness (QED) is 0.648. The van der Waals surface area contributed by atoms with Crippen molar-refractivity contribution in [2.45, 2.75) is 19.0 Å². The molecule has 152 valence electrons. The number of nitrogens with two attached hydrogens (primary N) is 1. The monoisotopic (exact) mass is 392 g/mol. The standard InChI is InChI=1S/C23H28N4O2/c24-21(18-4-2-1-3-5-18)17-23(28)25-20-6-7-22-19(16-20)8-9-27(22)11-10-26-12-14-29-15-13-26/h1-9,16,21H,10-15,17,24H2,(H,25,28). The molecular formula is C23H28N4O2. The van der Waals surface area contributed by atoms with E-state index in [-0.39, 0.29) is 18.4 Å². The Morgan fingerprint density at radius 1 is 1.07 bits per heavy atom. The highest BCUT2D eigenvalue weighted by Gasteiger charge is 2.13. The summed E-state index contributed by atoms with van der Waals surface area (Å²) in [4.78, 5) is 14.8. The number of ether oxygens (including phenoxy) is 1. The number of anilines is 1. The van der Waals surface area contributed by atoms with Crippen LogP contribution in [0.4, 0.5) is 5.69 Å². The van der Waals surface area contributed by atoms with E-state index < -0.39 is 0 Å². The van der Waals surface area contributed by atoms with E-state index in [2.05, 4.69) is 33.1 Å². The van der Waals surface area contributed by atoms with E-state index in [0.29, 0.717) is 0 Å². The maximum atomic E-state index is 12.4. The molecule has 3 N–H and O–H groups in total. The molecule has 0 bridgehead atoms. The molecule has 1 atom stereocenters. The molecule has 1 unspecified atom stereocenters. The van der Waals surface area contributed by atoms with Gasteiger partial charge in [-0.3, -0.25) is 9.69 Å². The third-order valence-electron chi connectivity index (χ3n) is 5.45. The summed E-state index contributed by atoms with van der Waals surface area (Å²) in [6, 6.07) is 17.6. The number of fused-ring (bicyclic) bond motifs is 1. The number of morpholine rings is 1. The van der Waals surface area contributed by atoms with Gasteiger partial charge in [0.1, 0.15) is 0 Å².